The van der Waals surface area contributed by atoms with Gasteiger partial charge in [-0.2, -0.15) is 0 Å². The zero-order valence-electron chi connectivity index (χ0n) is 8.51. The summed E-state index contributed by atoms with van der Waals surface area (Å²) in [4.78, 5) is 0. The smallest absolute Gasteiger partial charge is 0.166 e. The fourth-order valence-electron chi connectivity index (χ4n) is 1.29. The minimum absolute atomic E-state index is 0.211. The molecule has 0 spiro atoms. The van der Waals surface area contributed by atoms with Gasteiger partial charge in [-0.25, -0.2) is 0 Å². The van der Waals surface area contributed by atoms with Crippen LogP contribution in [0.1, 0.15) is 34.6 Å². The van der Waals surface area contributed by atoms with E-state index in [1.165, 1.54) is 0 Å². The van der Waals surface area contributed by atoms with Crippen LogP contribution in [-0.2, 0) is 14.2 Å². The Morgan fingerprint density at radius 2 is 1.67 bits per heavy atom. The maximum Gasteiger partial charge on any atom is 0.166 e. The van der Waals surface area contributed by atoms with Gasteiger partial charge in [-0.3, -0.25) is 0 Å². The molecule has 72 valence electrons. The lowest BCUT2D eigenvalue weighted by molar-refractivity contribution is -0.256. The third-order valence-corrected chi connectivity index (χ3v) is 1.70. The van der Waals surface area contributed by atoms with Gasteiger partial charge in [-0.1, -0.05) is 0 Å². The Balaban J connectivity index is 2.66. The molecule has 1 rings (SSSR count). The van der Waals surface area contributed by atoms with E-state index in [1.807, 2.05) is 34.6 Å². The lowest BCUT2D eigenvalue weighted by Gasteiger charge is -2.24. The van der Waals surface area contributed by atoms with Crippen molar-refractivity contribution in [2.45, 2.75) is 52.3 Å². The maximum atomic E-state index is 5.59. The second-order valence-corrected chi connectivity index (χ2v) is 4.25. The first kappa shape index (κ1) is 9.96. The van der Waals surface area contributed by atoms with E-state index in [0.29, 0.717) is 6.61 Å². The van der Waals surface area contributed by atoms with Gasteiger partial charge in [0.1, 0.15) is 0 Å². The summed E-state index contributed by atoms with van der Waals surface area (Å²) in [6, 6.07) is 0. The first-order valence-electron chi connectivity index (χ1n) is 4.30. The summed E-state index contributed by atoms with van der Waals surface area (Å²) >= 11 is 0. The van der Waals surface area contributed by atoms with Crippen LogP contribution in [0.5, 0.6) is 0 Å². The summed E-state index contributed by atoms with van der Waals surface area (Å²) in [5.41, 5.74) is -0.257. The van der Waals surface area contributed by atoms with E-state index < -0.39 is 5.79 Å². The molecule has 1 unspecified atom stereocenters. The van der Waals surface area contributed by atoms with Crippen LogP contribution >= 0.6 is 0 Å². The van der Waals surface area contributed by atoms with Gasteiger partial charge in [0.15, 0.2) is 12.1 Å². The SMILES string of the molecule is CC1OC(C)(C)COC(C)(C)O1. The second kappa shape index (κ2) is 2.98. The monoisotopic (exact) mass is 174 g/mol. The Morgan fingerprint density at radius 3 is 2.25 bits per heavy atom. The van der Waals surface area contributed by atoms with Gasteiger partial charge in [-0.05, 0) is 34.6 Å². The molecule has 0 N–H and O–H groups in total. The molecule has 0 radical (unpaired) electrons. The zero-order chi connectivity index (χ0) is 9.41. The Morgan fingerprint density at radius 1 is 1.08 bits per heavy atom. The maximum absolute atomic E-state index is 5.59. The topological polar surface area (TPSA) is 27.7 Å². The highest BCUT2D eigenvalue weighted by molar-refractivity contribution is 4.72. The van der Waals surface area contributed by atoms with Crippen molar-refractivity contribution < 1.29 is 14.2 Å². The van der Waals surface area contributed by atoms with Crippen molar-refractivity contribution in [3.8, 4) is 0 Å². The molecule has 0 amide bonds. The highest BCUT2D eigenvalue weighted by Crippen LogP contribution is 2.25. The third-order valence-electron chi connectivity index (χ3n) is 1.70. The average Bonchev–Trinajstić information content (AvgIpc) is 1.87. The fraction of sp³-hybridized carbons (Fsp3) is 1.00. The Labute approximate surface area is 74.0 Å². The van der Waals surface area contributed by atoms with E-state index in [1.54, 1.807) is 0 Å². The predicted octanol–water partition coefficient (Wildman–Crippen LogP) is 1.91. The average molecular weight is 174 g/mol. The molecule has 1 aliphatic heterocycles. The van der Waals surface area contributed by atoms with Crippen LogP contribution in [0.25, 0.3) is 0 Å². The van der Waals surface area contributed by atoms with E-state index in [-0.39, 0.29) is 11.9 Å². The van der Waals surface area contributed by atoms with Crippen LogP contribution in [-0.4, -0.2) is 24.3 Å². The summed E-state index contributed by atoms with van der Waals surface area (Å²) < 4.78 is 16.6. The van der Waals surface area contributed by atoms with Gasteiger partial charge >= 0.3 is 0 Å². The summed E-state index contributed by atoms with van der Waals surface area (Å²) in [6.45, 7) is 10.2. The molecule has 1 saturated heterocycles. The van der Waals surface area contributed by atoms with Crippen LogP contribution in [0.2, 0.25) is 0 Å². The van der Waals surface area contributed by atoms with Crippen molar-refractivity contribution in [1.82, 2.24) is 0 Å². The van der Waals surface area contributed by atoms with Crippen molar-refractivity contribution in [3.63, 3.8) is 0 Å². The van der Waals surface area contributed by atoms with Crippen LogP contribution < -0.4 is 0 Å². The summed E-state index contributed by atoms with van der Waals surface area (Å²) in [7, 11) is 0. The fourth-order valence-corrected chi connectivity index (χ4v) is 1.29. The van der Waals surface area contributed by atoms with Gasteiger partial charge < -0.3 is 14.2 Å². The molecule has 1 fully saturated rings. The molecule has 3 heteroatoms. The lowest BCUT2D eigenvalue weighted by atomic mass is 10.1. The number of hydrogen-bond donors (Lipinski definition) is 0. The molecule has 0 bridgehead atoms. The number of ether oxygens (including phenoxy) is 3. The van der Waals surface area contributed by atoms with E-state index in [9.17, 15) is 0 Å². The Kier molecular flexibility index (Phi) is 2.47. The largest absolute Gasteiger partial charge is 0.347 e. The summed E-state index contributed by atoms with van der Waals surface area (Å²) in [5.74, 6) is -0.535. The molecule has 0 aliphatic carbocycles. The second-order valence-electron chi connectivity index (χ2n) is 4.25. The number of hydrogen-bond acceptors (Lipinski definition) is 3. The van der Waals surface area contributed by atoms with Gasteiger partial charge in [0, 0.05) is 0 Å². The molecule has 0 saturated carbocycles. The Bertz CT molecular complexity index is 145. The van der Waals surface area contributed by atoms with Gasteiger partial charge in [0.2, 0.25) is 0 Å². The van der Waals surface area contributed by atoms with Crippen LogP contribution in [0.15, 0.2) is 0 Å². The molecule has 1 heterocycles. The summed E-state index contributed by atoms with van der Waals surface area (Å²) in [5, 5.41) is 0. The lowest BCUT2D eigenvalue weighted by Crippen LogP contribution is -2.32. The molecule has 3 nitrogen and oxygen atoms in total. The van der Waals surface area contributed by atoms with E-state index in [2.05, 4.69) is 0 Å². The normalized spacial score (nSPS) is 34.2. The van der Waals surface area contributed by atoms with Gasteiger partial charge in [0.05, 0.1) is 12.2 Å². The zero-order valence-corrected chi connectivity index (χ0v) is 8.51. The van der Waals surface area contributed by atoms with Crippen LogP contribution in [0, 0.1) is 0 Å². The molecular weight excluding hydrogens is 156 g/mol. The molecule has 12 heavy (non-hydrogen) atoms. The van der Waals surface area contributed by atoms with Gasteiger partial charge in [0.25, 0.3) is 0 Å². The molecule has 1 aliphatic rings. The highest BCUT2D eigenvalue weighted by Gasteiger charge is 2.34. The van der Waals surface area contributed by atoms with Crippen molar-refractivity contribution in [2.24, 2.45) is 0 Å². The molecular formula is C9H18O3. The molecule has 1 atom stereocenters. The van der Waals surface area contributed by atoms with Crippen molar-refractivity contribution in [3.05, 3.63) is 0 Å². The minimum atomic E-state index is -0.535. The quantitative estimate of drug-likeness (QED) is 0.561. The molecule has 0 aromatic heterocycles. The van der Waals surface area contributed by atoms with E-state index >= 15 is 0 Å². The van der Waals surface area contributed by atoms with E-state index in [0.717, 1.165) is 0 Å². The van der Waals surface area contributed by atoms with Crippen LogP contribution in [0.3, 0.4) is 0 Å². The van der Waals surface area contributed by atoms with Crippen molar-refractivity contribution >= 4 is 0 Å². The predicted molar refractivity (Wildman–Crippen MR) is 45.7 cm³/mol. The summed E-state index contributed by atoms with van der Waals surface area (Å²) in [6.07, 6.45) is -0.211. The van der Waals surface area contributed by atoms with E-state index in [4.69, 9.17) is 14.2 Å². The molecule has 0 aromatic carbocycles. The molecule has 0 aromatic rings. The van der Waals surface area contributed by atoms with Crippen LogP contribution in [0.4, 0.5) is 0 Å². The van der Waals surface area contributed by atoms with Crippen molar-refractivity contribution in [1.29, 1.82) is 0 Å². The Hall–Kier alpha value is -0.120. The third kappa shape index (κ3) is 2.73. The highest BCUT2D eigenvalue weighted by atomic mass is 16.8. The standard InChI is InChI=1S/C9H18O3/c1-7-11-8(2,3)6-10-9(4,5)12-7/h7H,6H2,1-5H3. The first-order chi connectivity index (χ1) is 5.31. The van der Waals surface area contributed by atoms with Gasteiger partial charge in [-0.15, -0.1) is 0 Å². The minimum Gasteiger partial charge on any atom is -0.347 e. The number of rotatable bonds is 0. The first-order valence-corrected chi connectivity index (χ1v) is 4.30. The van der Waals surface area contributed by atoms with Crippen molar-refractivity contribution in [2.75, 3.05) is 6.61 Å².